The van der Waals surface area contributed by atoms with Crippen LogP contribution in [-0.2, 0) is 4.74 Å². The molecule has 2 N–H and O–H groups in total. The Morgan fingerprint density at radius 3 is 2.71 bits per heavy atom. The molecule has 0 spiro atoms. The van der Waals surface area contributed by atoms with Crippen molar-refractivity contribution in [2.75, 3.05) is 26.7 Å². The van der Waals surface area contributed by atoms with Gasteiger partial charge < -0.3 is 15.4 Å². The van der Waals surface area contributed by atoms with E-state index in [4.69, 9.17) is 10.5 Å². The van der Waals surface area contributed by atoms with Gasteiger partial charge in [0.1, 0.15) is 0 Å². The Labute approximate surface area is 106 Å². The van der Waals surface area contributed by atoms with Gasteiger partial charge in [0.25, 0.3) is 0 Å². The molecule has 1 saturated carbocycles. The van der Waals surface area contributed by atoms with E-state index in [0.29, 0.717) is 6.10 Å². The van der Waals surface area contributed by atoms with Crippen LogP contribution in [0.2, 0.25) is 0 Å². The summed E-state index contributed by atoms with van der Waals surface area (Å²) in [6.07, 6.45) is 9.66. The Bertz CT molecular complexity index is 216. The quantitative estimate of drug-likeness (QED) is 0.799. The summed E-state index contributed by atoms with van der Waals surface area (Å²) in [5.74, 6) is 0.721. The van der Waals surface area contributed by atoms with Crippen molar-refractivity contribution in [3.8, 4) is 0 Å². The van der Waals surface area contributed by atoms with Gasteiger partial charge in [0.05, 0.1) is 6.10 Å². The van der Waals surface area contributed by atoms with Crippen molar-refractivity contribution in [2.45, 2.75) is 57.1 Å². The fourth-order valence-electron chi connectivity index (χ4n) is 3.43. The third kappa shape index (κ3) is 3.67. The van der Waals surface area contributed by atoms with Crippen LogP contribution >= 0.6 is 0 Å². The van der Waals surface area contributed by atoms with E-state index in [9.17, 15) is 0 Å². The molecule has 17 heavy (non-hydrogen) atoms. The van der Waals surface area contributed by atoms with Crippen molar-refractivity contribution in [3.63, 3.8) is 0 Å². The van der Waals surface area contributed by atoms with E-state index in [-0.39, 0.29) is 0 Å². The van der Waals surface area contributed by atoms with Crippen LogP contribution in [0.4, 0.5) is 0 Å². The van der Waals surface area contributed by atoms with Crippen LogP contribution in [0.3, 0.4) is 0 Å². The van der Waals surface area contributed by atoms with E-state index in [1.54, 1.807) is 0 Å². The Hall–Kier alpha value is -0.120. The monoisotopic (exact) mass is 240 g/mol. The largest absolute Gasteiger partial charge is 0.378 e. The van der Waals surface area contributed by atoms with Gasteiger partial charge in [-0.15, -0.1) is 0 Å². The fourth-order valence-corrected chi connectivity index (χ4v) is 3.43. The number of rotatable bonds is 5. The summed E-state index contributed by atoms with van der Waals surface area (Å²) in [5.41, 5.74) is 5.90. The molecule has 0 aromatic heterocycles. The maximum Gasteiger partial charge on any atom is 0.0588 e. The second kappa shape index (κ2) is 6.72. The number of hydrogen-bond acceptors (Lipinski definition) is 3. The molecule has 1 saturated heterocycles. The fraction of sp³-hybridized carbons (Fsp3) is 1.00. The van der Waals surface area contributed by atoms with Gasteiger partial charge in [0.2, 0.25) is 0 Å². The van der Waals surface area contributed by atoms with E-state index < -0.39 is 0 Å². The lowest BCUT2D eigenvalue weighted by Crippen LogP contribution is -2.43. The van der Waals surface area contributed by atoms with Crippen LogP contribution in [-0.4, -0.2) is 43.8 Å². The minimum atomic E-state index is 0.525. The molecule has 2 rings (SSSR count). The molecule has 1 aliphatic carbocycles. The normalized spacial score (nSPS) is 34.4. The zero-order chi connectivity index (χ0) is 12.1. The first kappa shape index (κ1) is 13.3. The minimum absolute atomic E-state index is 0.525. The van der Waals surface area contributed by atoms with Gasteiger partial charge in [-0.1, -0.05) is 12.8 Å². The molecule has 2 fully saturated rings. The zero-order valence-electron chi connectivity index (χ0n) is 11.2. The molecule has 0 radical (unpaired) electrons. The number of ether oxygens (including phenoxy) is 1. The zero-order valence-corrected chi connectivity index (χ0v) is 11.2. The van der Waals surface area contributed by atoms with Gasteiger partial charge in [-0.25, -0.2) is 0 Å². The van der Waals surface area contributed by atoms with Crippen LogP contribution in [0, 0.1) is 5.92 Å². The Kier molecular flexibility index (Phi) is 5.26. The van der Waals surface area contributed by atoms with Gasteiger partial charge >= 0.3 is 0 Å². The summed E-state index contributed by atoms with van der Waals surface area (Å²) in [6.45, 7) is 3.00. The van der Waals surface area contributed by atoms with Gasteiger partial charge in [0, 0.05) is 19.2 Å². The van der Waals surface area contributed by atoms with Crippen LogP contribution in [0.1, 0.15) is 44.9 Å². The lowest BCUT2D eigenvalue weighted by molar-refractivity contribution is 0.0756. The van der Waals surface area contributed by atoms with Gasteiger partial charge in [-0.2, -0.15) is 0 Å². The summed E-state index contributed by atoms with van der Waals surface area (Å²) in [7, 11) is 2.27. The standard InChI is InChI=1S/C14H28N2O/c1-16(9-8-13-6-4-10-17-13)14-7-3-2-5-12(14)11-15/h12-14H,2-11,15H2,1H3. The minimum Gasteiger partial charge on any atom is -0.378 e. The molecule has 3 heteroatoms. The summed E-state index contributed by atoms with van der Waals surface area (Å²) in [6, 6.07) is 0.718. The average molecular weight is 240 g/mol. The molecule has 3 nitrogen and oxygen atoms in total. The van der Waals surface area contributed by atoms with Crippen LogP contribution in [0.25, 0.3) is 0 Å². The topological polar surface area (TPSA) is 38.5 Å². The van der Waals surface area contributed by atoms with E-state index in [1.165, 1.54) is 51.5 Å². The maximum absolute atomic E-state index is 5.90. The predicted octanol–water partition coefficient (Wildman–Crippen LogP) is 2.00. The molecule has 0 amide bonds. The SMILES string of the molecule is CN(CCC1CCCO1)C1CCCCC1CN. The molecule has 1 aliphatic heterocycles. The molecule has 0 aromatic carbocycles. The summed E-state index contributed by atoms with van der Waals surface area (Å²) >= 11 is 0. The molecular formula is C14H28N2O. The molecule has 100 valence electrons. The molecule has 0 bridgehead atoms. The summed E-state index contributed by atoms with van der Waals surface area (Å²) in [4.78, 5) is 2.54. The van der Waals surface area contributed by atoms with Crippen molar-refractivity contribution in [1.82, 2.24) is 4.90 Å². The van der Waals surface area contributed by atoms with Gasteiger partial charge in [-0.3, -0.25) is 0 Å². The highest BCUT2D eigenvalue weighted by molar-refractivity contribution is 4.83. The molecular weight excluding hydrogens is 212 g/mol. The highest BCUT2D eigenvalue weighted by Gasteiger charge is 2.27. The van der Waals surface area contributed by atoms with Crippen molar-refractivity contribution in [3.05, 3.63) is 0 Å². The maximum atomic E-state index is 5.90. The van der Waals surface area contributed by atoms with Gasteiger partial charge in [0.15, 0.2) is 0 Å². The average Bonchev–Trinajstić information content (AvgIpc) is 2.89. The first-order chi connectivity index (χ1) is 8.31. The number of nitrogens with two attached hydrogens (primary N) is 1. The van der Waals surface area contributed by atoms with E-state index in [2.05, 4.69) is 11.9 Å². The molecule has 1 heterocycles. The Morgan fingerprint density at radius 2 is 2.00 bits per heavy atom. The van der Waals surface area contributed by atoms with E-state index >= 15 is 0 Å². The molecule has 3 unspecified atom stereocenters. The van der Waals surface area contributed by atoms with Crippen molar-refractivity contribution >= 4 is 0 Å². The lowest BCUT2D eigenvalue weighted by Gasteiger charge is -2.37. The first-order valence-electron chi connectivity index (χ1n) is 7.33. The third-order valence-corrected chi connectivity index (χ3v) is 4.57. The summed E-state index contributed by atoms with van der Waals surface area (Å²) in [5, 5.41) is 0. The van der Waals surface area contributed by atoms with Crippen molar-refractivity contribution in [1.29, 1.82) is 0 Å². The molecule has 0 aromatic rings. The van der Waals surface area contributed by atoms with Crippen molar-refractivity contribution in [2.24, 2.45) is 11.7 Å². The van der Waals surface area contributed by atoms with Crippen LogP contribution < -0.4 is 5.73 Å². The van der Waals surface area contributed by atoms with Gasteiger partial charge in [-0.05, 0) is 51.6 Å². The highest BCUT2D eigenvalue weighted by atomic mass is 16.5. The molecule has 3 atom stereocenters. The predicted molar refractivity (Wildman–Crippen MR) is 71.0 cm³/mol. The summed E-state index contributed by atoms with van der Waals surface area (Å²) < 4.78 is 5.69. The third-order valence-electron chi connectivity index (χ3n) is 4.57. The Balaban J connectivity index is 1.74. The van der Waals surface area contributed by atoms with Crippen molar-refractivity contribution < 1.29 is 4.74 Å². The second-order valence-electron chi connectivity index (χ2n) is 5.75. The molecule has 2 aliphatic rings. The van der Waals surface area contributed by atoms with Crippen LogP contribution in [0.5, 0.6) is 0 Å². The van der Waals surface area contributed by atoms with E-state index in [1.807, 2.05) is 0 Å². The van der Waals surface area contributed by atoms with Crippen LogP contribution in [0.15, 0.2) is 0 Å². The van der Waals surface area contributed by atoms with E-state index in [0.717, 1.165) is 25.1 Å². The number of hydrogen-bond donors (Lipinski definition) is 1. The Morgan fingerprint density at radius 1 is 1.18 bits per heavy atom. The lowest BCUT2D eigenvalue weighted by atomic mass is 9.83. The second-order valence-corrected chi connectivity index (χ2v) is 5.75. The number of nitrogens with zero attached hydrogens (tertiary/aromatic N) is 1. The smallest absolute Gasteiger partial charge is 0.0588 e. The first-order valence-corrected chi connectivity index (χ1v) is 7.33. The highest BCUT2D eigenvalue weighted by Crippen LogP contribution is 2.27.